The summed E-state index contributed by atoms with van der Waals surface area (Å²) in [5.41, 5.74) is 1.43. The SMILES string of the molecule is Cn1ncnc1S(=O)(=O)Cc1cc(Cc2ccccc2)on1. The summed E-state index contributed by atoms with van der Waals surface area (Å²) in [7, 11) is -2.06. The van der Waals surface area contributed by atoms with Gasteiger partial charge in [-0.15, -0.1) is 0 Å². The molecule has 2 heterocycles. The maximum absolute atomic E-state index is 12.2. The minimum atomic E-state index is -3.59. The van der Waals surface area contributed by atoms with Gasteiger partial charge in [0.2, 0.25) is 15.0 Å². The lowest BCUT2D eigenvalue weighted by atomic mass is 10.1. The maximum Gasteiger partial charge on any atom is 0.245 e. The number of rotatable bonds is 5. The van der Waals surface area contributed by atoms with Gasteiger partial charge in [0.15, 0.2) is 0 Å². The summed E-state index contributed by atoms with van der Waals surface area (Å²) in [5, 5.41) is 7.51. The summed E-state index contributed by atoms with van der Waals surface area (Å²) < 4.78 is 30.9. The quantitative estimate of drug-likeness (QED) is 0.705. The Morgan fingerprint density at radius 3 is 2.68 bits per heavy atom. The van der Waals surface area contributed by atoms with Crippen molar-refractivity contribution in [2.75, 3.05) is 0 Å². The highest BCUT2D eigenvalue weighted by Gasteiger charge is 2.23. The Bertz CT molecular complexity index is 868. The van der Waals surface area contributed by atoms with Gasteiger partial charge in [-0.05, 0) is 5.56 Å². The number of sulfone groups is 1. The van der Waals surface area contributed by atoms with Gasteiger partial charge >= 0.3 is 0 Å². The van der Waals surface area contributed by atoms with Gasteiger partial charge in [0.25, 0.3) is 0 Å². The Morgan fingerprint density at radius 1 is 1.23 bits per heavy atom. The van der Waals surface area contributed by atoms with E-state index in [1.54, 1.807) is 6.07 Å². The normalized spacial score (nSPS) is 11.7. The summed E-state index contributed by atoms with van der Waals surface area (Å²) >= 11 is 0. The molecule has 3 rings (SSSR count). The molecule has 7 nitrogen and oxygen atoms in total. The van der Waals surface area contributed by atoms with Gasteiger partial charge in [-0.25, -0.2) is 18.1 Å². The molecule has 0 unspecified atom stereocenters. The van der Waals surface area contributed by atoms with Crippen molar-refractivity contribution < 1.29 is 12.9 Å². The van der Waals surface area contributed by atoms with Crippen LogP contribution >= 0.6 is 0 Å². The van der Waals surface area contributed by atoms with Crippen LogP contribution in [0.25, 0.3) is 0 Å². The third-order valence-electron chi connectivity index (χ3n) is 3.11. The van der Waals surface area contributed by atoms with Crippen molar-refractivity contribution in [2.45, 2.75) is 17.3 Å². The second-order valence-electron chi connectivity index (χ2n) is 4.87. The molecule has 22 heavy (non-hydrogen) atoms. The van der Waals surface area contributed by atoms with Gasteiger partial charge in [-0.1, -0.05) is 35.5 Å². The predicted octanol–water partition coefficient (Wildman–Crippen LogP) is 1.37. The molecule has 0 aliphatic heterocycles. The van der Waals surface area contributed by atoms with Gasteiger partial charge in [-0.2, -0.15) is 5.10 Å². The Kier molecular flexibility index (Phi) is 3.76. The van der Waals surface area contributed by atoms with E-state index in [-0.39, 0.29) is 10.9 Å². The van der Waals surface area contributed by atoms with Gasteiger partial charge in [-0.3, -0.25) is 0 Å². The minimum absolute atomic E-state index is 0.0832. The minimum Gasteiger partial charge on any atom is -0.361 e. The lowest BCUT2D eigenvalue weighted by Gasteiger charge is -1.99. The third-order valence-corrected chi connectivity index (χ3v) is 4.72. The molecule has 3 aromatic rings. The van der Waals surface area contributed by atoms with Crippen LogP contribution < -0.4 is 0 Å². The molecular formula is C14H14N4O3S. The van der Waals surface area contributed by atoms with E-state index in [1.165, 1.54) is 18.1 Å². The van der Waals surface area contributed by atoms with Crippen molar-refractivity contribution in [2.24, 2.45) is 7.05 Å². The first-order valence-electron chi connectivity index (χ1n) is 6.60. The molecule has 0 amide bonds. The molecule has 0 saturated heterocycles. The Labute approximate surface area is 127 Å². The van der Waals surface area contributed by atoms with Gasteiger partial charge < -0.3 is 4.52 Å². The second-order valence-corrected chi connectivity index (χ2v) is 6.76. The van der Waals surface area contributed by atoms with Crippen LogP contribution in [0.15, 0.2) is 52.4 Å². The van der Waals surface area contributed by atoms with Crippen LogP contribution in [-0.2, 0) is 29.1 Å². The fourth-order valence-corrected chi connectivity index (χ4v) is 3.44. The van der Waals surface area contributed by atoms with E-state index in [0.29, 0.717) is 17.9 Å². The van der Waals surface area contributed by atoms with Crippen molar-refractivity contribution in [3.05, 3.63) is 59.7 Å². The molecule has 0 atom stereocenters. The molecule has 0 radical (unpaired) electrons. The van der Waals surface area contributed by atoms with Gasteiger partial charge in [0, 0.05) is 19.5 Å². The van der Waals surface area contributed by atoms with Gasteiger partial charge in [0.05, 0.1) is 5.69 Å². The van der Waals surface area contributed by atoms with E-state index in [0.717, 1.165) is 5.56 Å². The average molecular weight is 318 g/mol. The van der Waals surface area contributed by atoms with Crippen LogP contribution in [0.3, 0.4) is 0 Å². The van der Waals surface area contributed by atoms with Crippen LogP contribution in [-0.4, -0.2) is 28.3 Å². The third kappa shape index (κ3) is 3.06. The summed E-state index contributed by atoms with van der Waals surface area (Å²) in [6.45, 7) is 0. The first-order chi connectivity index (χ1) is 10.5. The van der Waals surface area contributed by atoms with Crippen LogP contribution in [0, 0.1) is 0 Å². The van der Waals surface area contributed by atoms with E-state index in [1.807, 2.05) is 30.3 Å². The maximum atomic E-state index is 12.2. The number of aromatic nitrogens is 4. The van der Waals surface area contributed by atoms with Crippen molar-refractivity contribution in [1.29, 1.82) is 0 Å². The van der Waals surface area contributed by atoms with Crippen LogP contribution in [0.5, 0.6) is 0 Å². The molecular weight excluding hydrogens is 304 g/mol. The first-order valence-corrected chi connectivity index (χ1v) is 8.25. The van der Waals surface area contributed by atoms with E-state index in [9.17, 15) is 8.42 Å². The summed E-state index contributed by atoms with van der Waals surface area (Å²) in [6, 6.07) is 11.4. The number of aryl methyl sites for hydroxylation is 1. The van der Waals surface area contributed by atoms with Gasteiger partial charge in [0.1, 0.15) is 17.8 Å². The molecule has 0 N–H and O–H groups in total. The molecule has 0 fully saturated rings. The monoisotopic (exact) mass is 318 g/mol. The highest BCUT2D eigenvalue weighted by Crippen LogP contribution is 2.15. The topological polar surface area (TPSA) is 90.9 Å². The van der Waals surface area contributed by atoms with Crippen LogP contribution in [0.4, 0.5) is 0 Å². The molecule has 2 aromatic heterocycles. The lowest BCUT2D eigenvalue weighted by Crippen LogP contribution is -2.11. The summed E-state index contributed by atoms with van der Waals surface area (Å²) in [5.74, 6) is 0.354. The van der Waals surface area contributed by atoms with Crippen molar-refractivity contribution in [3.8, 4) is 0 Å². The predicted molar refractivity (Wildman–Crippen MR) is 77.6 cm³/mol. The van der Waals surface area contributed by atoms with Crippen LogP contribution in [0.1, 0.15) is 17.0 Å². The molecule has 0 aliphatic rings. The van der Waals surface area contributed by atoms with E-state index >= 15 is 0 Å². The molecule has 114 valence electrons. The highest BCUT2D eigenvalue weighted by molar-refractivity contribution is 7.90. The Balaban J connectivity index is 1.76. The molecule has 1 aromatic carbocycles. The lowest BCUT2D eigenvalue weighted by molar-refractivity contribution is 0.384. The number of hydrogen-bond donors (Lipinski definition) is 0. The summed E-state index contributed by atoms with van der Waals surface area (Å²) in [6.07, 6.45) is 1.77. The van der Waals surface area contributed by atoms with E-state index < -0.39 is 9.84 Å². The van der Waals surface area contributed by atoms with Crippen molar-refractivity contribution in [3.63, 3.8) is 0 Å². The molecule has 0 aliphatic carbocycles. The zero-order valence-corrected chi connectivity index (χ0v) is 12.7. The highest BCUT2D eigenvalue weighted by atomic mass is 32.2. The number of nitrogens with zero attached hydrogens (tertiary/aromatic N) is 4. The molecule has 0 spiro atoms. The van der Waals surface area contributed by atoms with Crippen molar-refractivity contribution >= 4 is 9.84 Å². The molecule has 8 heteroatoms. The van der Waals surface area contributed by atoms with Crippen molar-refractivity contribution in [1.82, 2.24) is 19.9 Å². The largest absolute Gasteiger partial charge is 0.361 e. The van der Waals surface area contributed by atoms with Crippen LogP contribution in [0.2, 0.25) is 0 Å². The Morgan fingerprint density at radius 2 is 2.00 bits per heavy atom. The molecule has 0 bridgehead atoms. The fourth-order valence-electron chi connectivity index (χ4n) is 2.13. The van der Waals surface area contributed by atoms with E-state index in [4.69, 9.17) is 4.52 Å². The second kappa shape index (κ2) is 5.72. The Hall–Kier alpha value is -2.48. The number of benzene rings is 1. The zero-order chi connectivity index (χ0) is 15.6. The smallest absolute Gasteiger partial charge is 0.245 e. The molecule has 0 saturated carbocycles. The first kappa shape index (κ1) is 14.5. The number of hydrogen-bond acceptors (Lipinski definition) is 6. The fraction of sp³-hybridized carbons (Fsp3) is 0.214. The van der Waals surface area contributed by atoms with E-state index in [2.05, 4.69) is 15.2 Å². The standard InChI is InChI=1S/C14H14N4O3S/c1-18-14(15-10-16-18)22(19,20)9-12-8-13(21-17-12)7-11-5-3-2-4-6-11/h2-6,8,10H,7,9H2,1H3. The summed E-state index contributed by atoms with van der Waals surface area (Å²) in [4.78, 5) is 3.76. The average Bonchev–Trinajstić information content (AvgIpc) is 3.09. The zero-order valence-electron chi connectivity index (χ0n) is 11.9.